The largest absolute Gasteiger partial charge is 0.416 e. The van der Waals surface area contributed by atoms with Gasteiger partial charge in [0.1, 0.15) is 5.52 Å². The Morgan fingerprint density at radius 3 is 2.76 bits per heavy atom. The fraction of sp³-hybridized carbons (Fsp3) is 0.368. The molecule has 3 heterocycles. The summed E-state index contributed by atoms with van der Waals surface area (Å²) in [5.41, 5.74) is 0.519. The van der Waals surface area contributed by atoms with E-state index in [4.69, 9.17) is 0 Å². The van der Waals surface area contributed by atoms with E-state index >= 15 is 0 Å². The van der Waals surface area contributed by atoms with Gasteiger partial charge in [0.05, 0.1) is 16.8 Å². The van der Waals surface area contributed by atoms with Gasteiger partial charge in [-0.3, -0.25) is 0 Å². The van der Waals surface area contributed by atoms with Gasteiger partial charge in [0.2, 0.25) is 10.0 Å². The van der Waals surface area contributed by atoms with Gasteiger partial charge in [-0.05, 0) is 49.1 Å². The molecular weight excluding hydrogens is 405 g/mol. The molecule has 10 heteroatoms. The van der Waals surface area contributed by atoms with Crippen molar-refractivity contribution in [3.63, 3.8) is 0 Å². The summed E-state index contributed by atoms with van der Waals surface area (Å²) in [4.78, 5) is 8.28. The molecule has 1 aliphatic rings. The molecule has 4 rings (SSSR count). The Bertz CT molecular complexity index is 1130. The van der Waals surface area contributed by atoms with Gasteiger partial charge in [-0.25, -0.2) is 18.4 Å². The van der Waals surface area contributed by atoms with Crippen LogP contribution in [0.3, 0.4) is 0 Å². The summed E-state index contributed by atoms with van der Waals surface area (Å²) in [6, 6.07) is 7.55. The topological polar surface area (TPSA) is 68.1 Å². The quantitative estimate of drug-likeness (QED) is 0.642. The van der Waals surface area contributed by atoms with E-state index in [9.17, 15) is 21.6 Å². The molecule has 2 aromatic heterocycles. The first kappa shape index (κ1) is 19.8. The molecule has 3 aromatic rings. The molecule has 1 aromatic carbocycles. The van der Waals surface area contributed by atoms with Crippen LogP contribution >= 0.6 is 0 Å². The number of imidazole rings is 1. The monoisotopic (exact) mass is 424 g/mol. The minimum atomic E-state index is -4.59. The molecule has 0 radical (unpaired) electrons. The number of hydrogen-bond acceptors (Lipinski definition) is 4. The van der Waals surface area contributed by atoms with Crippen LogP contribution in [0.1, 0.15) is 18.4 Å². The third-order valence-electron chi connectivity index (χ3n) is 5.11. The average molecular weight is 424 g/mol. The maximum absolute atomic E-state index is 13.0. The third-order valence-corrected chi connectivity index (χ3v) is 6.97. The fourth-order valence-electron chi connectivity index (χ4n) is 3.69. The van der Waals surface area contributed by atoms with E-state index in [-0.39, 0.29) is 23.9 Å². The Kier molecular flexibility index (Phi) is 5.07. The van der Waals surface area contributed by atoms with Crippen molar-refractivity contribution in [1.29, 1.82) is 0 Å². The van der Waals surface area contributed by atoms with Crippen LogP contribution in [0.25, 0.3) is 11.2 Å². The highest BCUT2D eigenvalue weighted by atomic mass is 32.2. The van der Waals surface area contributed by atoms with Gasteiger partial charge in [-0.1, -0.05) is 6.07 Å². The summed E-state index contributed by atoms with van der Waals surface area (Å²) < 4.78 is 68.0. The molecule has 154 valence electrons. The van der Waals surface area contributed by atoms with Crippen molar-refractivity contribution in [2.45, 2.75) is 30.5 Å². The Hall–Kier alpha value is -2.46. The molecule has 1 aliphatic heterocycles. The zero-order valence-electron chi connectivity index (χ0n) is 15.4. The normalized spacial score (nSPS) is 18.9. The molecule has 0 spiro atoms. The Morgan fingerprint density at radius 2 is 1.97 bits per heavy atom. The van der Waals surface area contributed by atoms with Crippen molar-refractivity contribution >= 4 is 21.2 Å². The SMILES string of the molecule is O=S(=O)(c1cccc(C(F)(F)F)c1)N1CCCC(Cn2cnc3cccnc32)C1. The van der Waals surface area contributed by atoms with Crippen LogP contribution < -0.4 is 0 Å². The van der Waals surface area contributed by atoms with E-state index in [1.807, 2.05) is 10.6 Å². The number of halogens is 3. The van der Waals surface area contributed by atoms with Crippen LogP contribution in [0.5, 0.6) is 0 Å². The molecule has 0 saturated carbocycles. The van der Waals surface area contributed by atoms with Gasteiger partial charge in [0.15, 0.2) is 5.65 Å². The fourth-order valence-corrected chi connectivity index (χ4v) is 5.29. The van der Waals surface area contributed by atoms with E-state index in [0.29, 0.717) is 19.0 Å². The van der Waals surface area contributed by atoms with Gasteiger partial charge in [0.25, 0.3) is 0 Å². The lowest BCUT2D eigenvalue weighted by Gasteiger charge is -2.32. The highest BCUT2D eigenvalue weighted by Crippen LogP contribution is 2.32. The van der Waals surface area contributed by atoms with Gasteiger partial charge >= 0.3 is 6.18 Å². The number of benzene rings is 1. The second-order valence-electron chi connectivity index (χ2n) is 7.14. The van der Waals surface area contributed by atoms with Crippen LogP contribution in [0.15, 0.2) is 53.8 Å². The van der Waals surface area contributed by atoms with Crippen LogP contribution in [0.4, 0.5) is 13.2 Å². The van der Waals surface area contributed by atoms with Crippen molar-refractivity contribution in [2.75, 3.05) is 13.1 Å². The van der Waals surface area contributed by atoms with Gasteiger partial charge in [-0.2, -0.15) is 17.5 Å². The molecular formula is C19H19F3N4O2S. The zero-order chi connectivity index (χ0) is 20.6. The Morgan fingerprint density at radius 1 is 1.14 bits per heavy atom. The van der Waals surface area contributed by atoms with Gasteiger partial charge < -0.3 is 4.57 Å². The van der Waals surface area contributed by atoms with E-state index in [0.717, 1.165) is 29.7 Å². The molecule has 29 heavy (non-hydrogen) atoms. The summed E-state index contributed by atoms with van der Waals surface area (Å²) >= 11 is 0. The average Bonchev–Trinajstić information content (AvgIpc) is 3.11. The number of alkyl halides is 3. The van der Waals surface area contributed by atoms with Crippen molar-refractivity contribution in [2.24, 2.45) is 5.92 Å². The van der Waals surface area contributed by atoms with E-state index in [2.05, 4.69) is 9.97 Å². The summed E-state index contributed by atoms with van der Waals surface area (Å²) in [5, 5.41) is 0. The molecule has 1 fully saturated rings. The first-order valence-electron chi connectivity index (χ1n) is 9.18. The lowest BCUT2D eigenvalue weighted by Crippen LogP contribution is -2.41. The summed E-state index contributed by atoms with van der Waals surface area (Å²) in [5.74, 6) is 0.0173. The standard InChI is InChI=1S/C19H19F3N4O2S/c20-19(21,22)15-5-1-6-16(10-15)29(27,28)26-9-3-4-14(12-26)11-25-13-24-17-7-2-8-23-18(17)25/h1-2,5-8,10,13-14H,3-4,9,11-12H2. The summed E-state index contributed by atoms with van der Waals surface area (Å²) in [7, 11) is -4.01. The molecule has 0 aliphatic carbocycles. The van der Waals surface area contributed by atoms with Crippen LogP contribution in [0.2, 0.25) is 0 Å². The predicted octanol–water partition coefficient (Wildman–Crippen LogP) is 3.55. The molecule has 1 atom stereocenters. The second-order valence-corrected chi connectivity index (χ2v) is 9.08. The van der Waals surface area contributed by atoms with E-state index in [1.54, 1.807) is 18.6 Å². The van der Waals surface area contributed by atoms with Gasteiger partial charge in [0, 0.05) is 25.8 Å². The Balaban J connectivity index is 1.55. The van der Waals surface area contributed by atoms with E-state index < -0.39 is 21.8 Å². The number of fused-ring (bicyclic) bond motifs is 1. The molecule has 0 bridgehead atoms. The summed E-state index contributed by atoms with van der Waals surface area (Å²) in [6.45, 7) is 1.07. The lowest BCUT2D eigenvalue weighted by atomic mass is 10.00. The van der Waals surface area contributed by atoms with E-state index in [1.165, 1.54) is 10.4 Å². The van der Waals surface area contributed by atoms with Gasteiger partial charge in [-0.15, -0.1) is 0 Å². The lowest BCUT2D eigenvalue weighted by molar-refractivity contribution is -0.137. The third kappa shape index (κ3) is 3.99. The van der Waals surface area contributed by atoms with Crippen LogP contribution in [0, 0.1) is 5.92 Å². The number of pyridine rings is 1. The predicted molar refractivity (Wildman–Crippen MR) is 100 cm³/mol. The number of hydrogen-bond donors (Lipinski definition) is 0. The van der Waals surface area contributed by atoms with Crippen molar-refractivity contribution in [3.8, 4) is 0 Å². The number of nitrogens with zero attached hydrogens (tertiary/aromatic N) is 4. The van der Waals surface area contributed by atoms with Crippen LogP contribution in [-0.4, -0.2) is 40.3 Å². The molecule has 6 nitrogen and oxygen atoms in total. The van der Waals surface area contributed by atoms with Crippen LogP contribution in [-0.2, 0) is 22.7 Å². The van der Waals surface area contributed by atoms with Crippen molar-refractivity contribution in [3.05, 3.63) is 54.5 Å². The summed E-state index contributed by atoms with van der Waals surface area (Å²) in [6.07, 6.45) is 0.221. The first-order chi connectivity index (χ1) is 13.7. The Labute approximate surface area is 166 Å². The molecule has 1 saturated heterocycles. The first-order valence-corrected chi connectivity index (χ1v) is 10.6. The maximum Gasteiger partial charge on any atom is 0.416 e. The zero-order valence-corrected chi connectivity index (χ0v) is 16.2. The van der Waals surface area contributed by atoms with Crippen molar-refractivity contribution < 1.29 is 21.6 Å². The number of piperidine rings is 1. The number of aromatic nitrogens is 3. The number of rotatable bonds is 4. The second kappa shape index (κ2) is 7.42. The highest BCUT2D eigenvalue weighted by Gasteiger charge is 2.34. The smallest absolute Gasteiger partial charge is 0.315 e. The minimum Gasteiger partial charge on any atom is -0.315 e. The van der Waals surface area contributed by atoms with Crippen molar-refractivity contribution in [1.82, 2.24) is 18.8 Å². The molecule has 0 N–H and O–H groups in total. The minimum absolute atomic E-state index is 0.0173. The molecule has 0 amide bonds. The number of sulfonamides is 1. The molecule has 1 unspecified atom stereocenters. The maximum atomic E-state index is 13.0. The highest BCUT2D eigenvalue weighted by molar-refractivity contribution is 7.89.